The van der Waals surface area contributed by atoms with Gasteiger partial charge in [0.1, 0.15) is 11.9 Å². The van der Waals surface area contributed by atoms with E-state index in [1.54, 1.807) is 7.11 Å². The molecule has 1 saturated heterocycles. The summed E-state index contributed by atoms with van der Waals surface area (Å²) in [6.07, 6.45) is 2.63. The Morgan fingerprint density at radius 3 is 2.53 bits per heavy atom. The lowest BCUT2D eigenvalue weighted by Gasteiger charge is -2.36. The van der Waals surface area contributed by atoms with Gasteiger partial charge in [-0.05, 0) is 30.7 Å². The molecule has 0 saturated carbocycles. The predicted molar refractivity (Wildman–Crippen MR) is 69.0 cm³/mol. The third-order valence-corrected chi connectivity index (χ3v) is 3.10. The molecule has 1 fully saturated rings. The van der Waals surface area contributed by atoms with Crippen LogP contribution in [0.2, 0.25) is 0 Å². The first-order valence-corrected chi connectivity index (χ1v) is 6.14. The van der Waals surface area contributed by atoms with Crippen LogP contribution >= 0.6 is 0 Å². The molecule has 3 nitrogen and oxygen atoms in total. The van der Waals surface area contributed by atoms with E-state index in [0.717, 1.165) is 30.2 Å². The lowest BCUT2D eigenvalue weighted by molar-refractivity contribution is 0.0587. The number of rotatable bonds is 4. The van der Waals surface area contributed by atoms with Crippen LogP contribution in [0, 0.1) is 5.92 Å². The predicted octanol–water partition coefficient (Wildman–Crippen LogP) is 3.56. The Kier molecular flexibility index (Phi) is 3.67. The molecule has 0 bridgehead atoms. The highest BCUT2D eigenvalue weighted by Gasteiger charge is 2.35. The summed E-state index contributed by atoms with van der Waals surface area (Å²) in [5, 5.41) is 0. The lowest BCUT2D eigenvalue weighted by Crippen LogP contribution is -2.43. The molecule has 3 heteroatoms. The van der Waals surface area contributed by atoms with Crippen molar-refractivity contribution >= 4 is 11.6 Å². The van der Waals surface area contributed by atoms with E-state index in [1.807, 2.05) is 24.3 Å². The zero-order chi connectivity index (χ0) is 12.3. The third-order valence-electron chi connectivity index (χ3n) is 3.10. The molecule has 2 rings (SSSR count). The van der Waals surface area contributed by atoms with Crippen LogP contribution in [0.3, 0.4) is 0 Å². The lowest BCUT2D eigenvalue weighted by atomic mass is 9.95. The Morgan fingerprint density at radius 2 is 2.00 bits per heavy atom. The Labute approximate surface area is 102 Å². The molecule has 1 aromatic rings. The number of nitrogens with zero attached hydrogens (tertiary/aromatic N) is 1. The average molecular weight is 233 g/mol. The van der Waals surface area contributed by atoms with Crippen molar-refractivity contribution in [2.24, 2.45) is 10.9 Å². The molecule has 1 heterocycles. The summed E-state index contributed by atoms with van der Waals surface area (Å²) in [5.41, 5.74) is 0.919. The molecule has 0 amide bonds. The third kappa shape index (κ3) is 2.60. The van der Waals surface area contributed by atoms with Gasteiger partial charge in [0.05, 0.1) is 18.7 Å². The van der Waals surface area contributed by atoms with Gasteiger partial charge < -0.3 is 9.47 Å². The SMILES string of the molecule is CCC[C@H]1OC(=Nc2ccc(OC)cc2)[C@H]1C. The Balaban J connectivity index is 2.00. The van der Waals surface area contributed by atoms with Crippen LogP contribution in [0.25, 0.3) is 0 Å². The summed E-state index contributed by atoms with van der Waals surface area (Å²) in [5.74, 6) is 2.14. The fraction of sp³-hybridized carbons (Fsp3) is 0.500. The Hall–Kier alpha value is -1.51. The van der Waals surface area contributed by atoms with Crippen LogP contribution in [0.15, 0.2) is 29.3 Å². The molecule has 17 heavy (non-hydrogen) atoms. The van der Waals surface area contributed by atoms with Crippen LogP contribution in [0.1, 0.15) is 26.7 Å². The summed E-state index contributed by atoms with van der Waals surface area (Å²) in [7, 11) is 1.66. The van der Waals surface area contributed by atoms with Gasteiger partial charge in [0.2, 0.25) is 0 Å². The molecule has 0 unspecified atom stereocenters. The van der Waals surface area contributed by atoms with Crippen LogP contribution in [-0.2, 0) is 4.74 Å². The Morgan fingerprint density at radius 1 is 1.29 bits per heavy atom. The topological polar surface area (TPSA) is 30.8 Å². The molecule has 0 N–H and O–H groups in total. The van der Waals surface area contributed by atoms with Crippen molar-refractivity contribution in [3.63, 3.8) is 0 Å². The first-order valence-electron chi connectivity index (χ1n) is 6.14. The van der Waals surface area contributed by atoms with Gasteiger partial charge in [-0.25, -0.2) is 4.99 Å². The molecular formula is C14H19NO2. The molecule has 0 aliphatic carbocycles. The zero-order valence-corrected chi connectivity index (χ0v) is 10.6. The highest BCUT2D eigenvalue weighted by Crippen LogP contribution is 2.29. The number of hydrogen-bond acceptors (Lipinski definition) is 3. The first kappa shape index (κ1) is 12.0. The number of benzene rings is 1. The van der Waals surface area contributed by atoms with Crippen LogP contribution in [-0.4, -0.2) is 19.1 Å². The van der Waals surface area contributed by atoms with Crippen molar-refractivity contribution in [3.8, 4) is 5.75 Å². The molecule has 92 valence electrons. The van der Waals surface area contributed by atoms with Crippen molar-refractivity contribution in [1.29, 1.82) is 0 Å². The van der Waals surface area contributed by atoms with Gasteiger partial charge in [-0.15, -0.1) is 0 Å². The summed E-state index contributed by atoms with van der Waals surface area (Å²) in [4.78, 5) is 4.49. The number of ether oxygens (including phenoxy) is 2. The van der Waals surface area contributed by atoms with E-state index in [9.17, 15) is 0 Å². The summed E-state index contributed by atoms with van der Waals surface area (Å²) < 4.78 is 10.8. The monoisotopic (exact) mass is 233 g/mol. The van der Waals surface area contributed by atoms with E-state index in [1.165, 1.54) is 0 Å². The molecule has 2 atom stereocenters. The van der Waals surface area contributed by atoms with Crippen molar-refractivity contribution in [1.82, 2.24) is 0 Å². The number of methoxy groups -OCH3 is 1. The standard InChI is InChI=1S/C14H19NO2/c1-4-5-13-10(2)14(17-13)15-11-6-8-12(16-3)9-7-11/h6-10,13H,4-5H2,1-3H3/t10-,13+/m0/s1. The van der Waals surface area contributed by atoms with E-state index < -0.39 is 0 Å². The fourth-order valence-corrected chi connectivity index (χ4v) is 1.96. The Bertz CT molecular complexity index is 397. The van der Waals surface area contributed by atoms with Crippen molar-refractivity contribution in [2.75, 3.05) is 7.11 Å². The number of aliphatic imine (C=N–C) groups is 1. The molecule has 0 radical (unpaired) electrons. The fourth-order valence-electron chi connectivity index (χ4n) is 1.96. The average Bonchev–Trinajstić information content (AvgIpc) is 2.38. The quantitative estimate of drug-likeness (QED) is 0.796. The highest BCUT2D eigenvalue weighted by molar-refractivity contribution is 5.86. The molecule has 0 aromatic heterocycles. The maximum absolute atomic E-state index is 5.67. The van der Waals surface area contributed by atoms with Crippen LogP contribution in [0.4, 0.5) is 5.69 Å². The molecule has 0 spiro atoms. The minimum atomic E-state index is 0.358. The van der Waals surface area contributed by atoms with E-state index >= 15 is 0 Å². The molecule has 1 aliphatic heterocycles. The van der Waals surface area contributed by atoms with Gasteiger partial charge in [0.25, 0.3) is 0 Å². The smallest absolute Gasteiger partial charge is 0.195 e. The highest BCUT2D eigenvalue weighted by atomic mass is 16.5. The van der Waals surface area contributed by atoms with Crippen molar-refractivity contribution in [2.45, 2.75) is 32.8 Å². The van der Waals surface area contributed by atoms with Crippen molar-refractivity contribution in [3.05, 3.63) is 24.3 Å². The minimum Gasteiger partial charge on any atom is -0.497 e. The molecular weight excluding hydrogens is 214 g/mol. The summed E-state index contributed by atoms with van der Waals surface area (Å²) >= 11 is 0. The van der Waals surface area contributed by atoms with E-state index in [-0.39, 0.29) is 0 Å². The summed E-state index contributed by atoms with van der Waals surface area (Å²) in [6.45, 7) is 4.35. The van der Waals surface area contributed by atoms with Gasteiger partial charge in [-0.2, -0.15) is 0 Å². The van der Waals surface area contributed by atoms with Gasteiger partial charge >= 0.3 is 0 Å². The van der Waals surface area contributed by atoms with Gasteiger partial charge in [-0.3, -0.25) is 0 Å². The van der Waals surface area contributed by atoms with Crippen LogP contribution in [0.5, 0.6) is 5.75 Å². The second-order valence-corrected chi connectivity index (χ2v) is 4.38. The van der Waals surface area contributed by atoms with Crippen molar-refractivity contribution < 1.29 is 9.47 Å². The second-order valence-electron chi connectivity index (χ2n) is 4.38. The van der Waals surface area contributed by atoms with E-state index in [4.69, 9.17) is 9.47 Å². The summed E-state index contributed by atoms with van der Waals surface area (Å²) in [6, 6.07) is 7.70. The van der Waals surface area contributed by atoms with E-state index in [0.29, 0.717) is 12.0 Å². The maximum atomic E-state index is 5.67. The largest absolute Gasteiger partial charge is 0.497 e. The normalized spacial score (nSPS) is 25.2. The van der Waals surface area contributed by atoms with Crippen LogP contribution < -0.4 is 4.74 Å². The molecule has 1 aromatic carbocycles. The molecule has 1 aliphatic rings. The van der Waals surface area contributed by atoms with E-state index in [2.05, 4.69) is 18.8 Å². The maximum Gasteiger partial charge on any atom is 0.195 e. The second kappa shape index (κ2) is 5.21. The van der Waals surface area contributed by atoms with Gasteiger partial charge in [0, 0.05) is 0 Å². The van der Waals surface area contributed by atoms with Gasteiger partial charge in [0.15, 0.2) is 5.90 Å². The minimum absolute atomic E-state index is 0.358. The number of hydrogen-bond donors (Lipinski definition) is 0. The first-order chi connectivity index (χ1) is 8.24. The zero-order valence-electron chi connectivity index (χ0n) is 10.6. The van der Waals surface area contributed by atoms with Gasteiger partial charge in [-0.1, -0.05) is 20.3 Å².